The molecule has 0 bridgehead atoms. The molecule has 2 aromatic carbocycles. The molecule has 7 nitrogen and oxygen atoms in total. The zero-order chi connectivity index (χ0) is 24.2. The van der Waals surface area contributed by atoms with Crippen LogP contribution < -0.4 is 10.9 Å². The summed E-state index contributed by atoms with van der Waals surface area (Å²) in [5, 5.41) is 5.12. The van der Waals surface area contributed by atoms with E-state index in [1.165, 1.54) is 18.2 Å². The lowest BCUT2D eigenvalue weighted by molar-refractivity contribution is -0.120. The van der Waals surface area contributed by atoms with Gasteiger partial charge in [0.1, 0.15) is 17.0 Å². The van der Waals surface area contributed by atoms with Crippen LogP contribution in [0, 0.1) is 19.7 Å². The van der Waals surface area contributed by atoms with Crippen LogP contribution in [0.15, 0.2) is 61.7 Å². The van der Waals surface area contributed by atoms with Gasteiger partial charge in [0.25, 0.3) is 0 Å². The number of hydrogen-bond donors (Lipinski definition) is 1. The number of furan rings is 1. The van der Waals surface area contributed by atoms with Crippen molar-refractivity contribution in [3.05, 3.63) is 81.0 Å². The van der Waals surface area contributed by atoms with Crippen molar-refractivity contribution in [2.24, 2.45) is 0 Å². The van der Waals surface area contributed by atoms with Gasteiger partial charge in [-0.3, -0.25) is 4.79 Å². The van der Waals surface area contributed by atoms with Crippen LogP contribution in [0.25, 0.3) is 33.1 Å². The predicted octanol–water partition coefficient (Wildman–Crippen LogP) is 3.93. The summed E-state index contributed by atoms with van der Waals surface area (Å²) in [5.74, 6) is -1.02. The molecule has 0 aliphatic carbocycles. The molecule has 1 aliphatic heterocycles. The molecule has 1 amide bonds. The van der Waals surface area contributed by atoms with Gasteiger partial charge in [-0.05, 0) is 49.2 Å². The average Bonchev–Trinajstić information content (AvgIpc) is 3.35. The van der Waals surface area contributed by atoms with E-state index < -0.39 is 27.4 Å². The quantitative estimate of drug-likeness (QED) is 0.443. The van der Waals surface area contributed by atoms with Gasteiger partial charge in [0.2, 0.25) is 5.91 Å². The second kappa shape index (κ2) is 7.95. The molecule has 0 saturated heterocycles. The largest absolute Gasteiger partial charge is 0.463 e. The van der Waals surface area contributed by atoms with E-state index in [9.17, 15) is 22.4 Å². The number of aryl methyl sites for hydroxylation is 2. The van der Waals surface area contributed by atoms with Gasteiger partial charge < -0.3 is 14.2 Å². The third-order valence-electron chi connectivity index (χ3n) is 6.11. The van der Waals surface area contributed by atoms with Crippen molar-refractivity contribution in [1.29, 1.82) is 0 Å². The Balaban J connectivity index is 1.56. The third-order valence-corrected chi connectivity index (χ3v) is 7.51. The van der Waals surface area contributed by atoms with Crippen molar-refractivity contribution < 1.29 is 26.4 Å². The van der Waals surface area contributed by atoms with Crippen molar-refractivity contribution in [2.45, 2.75) is 26.3 Å². The van der Waals surface area contributed by atoms with E-state index in [-0.39, 0.29) is 23.6 Å². The van der Waals surface area contributed by atoms with Crippen LogP contribution in [0.5, 0.6) is 0 Å². The first-order valence-corrected chi connectivity index (χ1v) is 12.3. The Kier molecular flexibility index (Phi) is 5.16. The van der Waals surface area contributed by atoms with E-state index >= 15 is 0 Å². The first kappa shape index (κ1) is 22.1. The Labute approximate surface area is 193 Å². The maximum atomic E-state index is 13.4. The number of nitrogens with one attached hydrogen (secondary N) is 1. The number of carbonyl (C=O) groups excluding carboxylic acids is 1. The van der Waals surface area contributed by atoms with Crippen LogP contribution in [-0.2, 0) is 21.1 Å². The van der Waals surface area contributed by atoms with Crippen molar-refractivity contribution >= 4 is 37.7 Å². The summed E-state index contributed by atoms with van der Waals surface area (Å²) in [6.45, 7) is 3.52. The Bertz CT molecular complexity index is 1660. The molecule has 34 heavy (non-hydrogen) atoms. The fraction of sp³-hybridized carbons (Fsp3) is 0.200. The molecule has 0 radical (unpaired) electrons. The molecule has 1 atom stereocenters. The second-order valence-corrected chi connectivity index (χ2v) is 10.3. The Morgan fingerprint density at radius 1 is 1.12 bits per heavy atom. The Morgan fingerprint density at radius 3 is 2.53 bits per heavy atom. The van der Waals surface area contributed by atoms with E-state index in [2.05, 4.69) is 5.32 Å². The smallest absolute Gasteiger partial charge is 0.340 e. The van der Waals surface area contributed by atoms with Gasteiger partial charge >= 0.3 is 5.63 Å². The van der Waals surface area contributed by atoms with Crippen LogP contribution in [0.4, 0.5) is 4.39 Å². The number of benzene rings is 2. The SMILES string of the molecule is Cc1c(CC(=O)N[C@H]2C=CS(=O)(=O)C2)c(=O)oc2c(C)c3occ(-c4ccc(F)cc4)c3cc12. The van der Waals surface area contributed by atoms with E-state index in [1.54, 1.807) is 32.2 Å². The van der Waals surface area contributed by atoms with Crippen LogP contribution in [0.1, 0.15) is 16.7 Å². The molecule has 174 valence electrons. The lowest BCUT2D eigenvalue weighted by Gasteiger charge is -2.12. The summed E-state index contributed by atoms with van der Waals surface area (Å²) in [7, 11) is -3.31. The van der Waals surface area contributed by atoms with Gasteiger partial charge in [-0.15, -0.1) is 0 Å². The lowest BCUT2D eigenvalue weighted by Crippen LogP contribution is -2.37. The van der Waals surface area contributed by atoms with Gasteiger partial charge in [0.15, 0.2) is 9.84 Å². The highest BCUT2D eigenvalue weighted by Gasteiger charge is 2.25. The number of rotatable bonds is 4. The summed E-state index contributed by atoms with van der Waals surface area (Å²) in [5.41, 5.74) is 3.24. The zero-order valence-corrected chi connectivity index (χ0v) is 19.2. The summed E-state index contributed by atoms with van der Waals surface area (Å²) >= 11 is 0. The van der Waals surface area contributed by atoms with E-state index in [4.69, 9.17) is 8.83 Å². The number of hydrogen-bond acceptors (Lipinski definition) is 6. The van der Waals surface area contributed by atoms with Crippen molar-refractivity contribution in [2.75, 3.05) is 5.75 Å². The number of fused-ring (bicyclic) bond motifs is 2. The number of carbonyl (C=O) groups is 1. The molecule has 0 unspecified atom stereocenters. The van der Waals surface area contributed by atoms with Crippen molar-refractivity contribution in [1.82, 2.24) is 5.32 Å². The highest BCUT2D eigenvalue weighted by atomic mass is 32.2. The lowest BCUT2D eigenvalue weighted by atomic mass is 9.97. The molecule has 0 fully saturated rings. The Morgan fingerprint density at radius 2 is 1.85 bits per heavy atom. The zero-order valence-electron chi connectivity index (χ0n) is 18.3. The molecule has 9 heteroatoms. The van der Waals surface area contributed by atoms with Crippen LogP contribution in [0.2, 0.25) is 0 Å². The summed E-state index contributed by atoms with van der Waals surface area (Å²) in [6, 6.07) is 7.26. The van der Waals surface area contributed by atoms with Crippen LogP contribution in [0.3, 0.4) is 0 Å². The normalized spacial score (nSPS) is 17.0. The van der Waals surface area contributed by atoms with Gasteiger partial charge in [-0.1, -0.05) is 12.1 Å². The monoisotopic (exact) mass is 481 g/mol. The van der Waals surface area contributed by atoms with E-state index in [1.807, 2.05) is 6.07 Å². The predicted molar refractivity (Wildman–Crippen MR) is 126 cm³/mol. The van der Waals surface area contributed by atoms with E-state index in [0.717, 1.165) is 21.9 Å². The summed E-state index contributed by atoms with van der Waals surface area (Å²) in [4.78, 5) is 25.3. The van der Waals surface area contributed by atoms with Gasteiger partial charge in [-0.2, -0.15) is 0 Å². The molecule has 0 saturated carbocycles. The highest BCUT2D eigenvalue weighted by Crippen LogP contribution is 2.37. The number of halogens is 1. The number of amides is 1. The summed E-state index contributed by atoms with van der Waals surface area (Å²) < 4.78 is 47.9. The fourth-order valence-corrected chi connectivity index (χ4v) is 5.57. The van der Waals surface area contributed by atoms with E-state index in [0.29, 0.717) is 27.7 Å². The minimum Gasteiger partial charge on any atom is -0.463 e. The third kappa shape index (κ3) is 3.81. The van der Waals surface area contributed by atoms with Gasteiger partial charge in [0, 0.05) is 27.3 Å². The van der Waals surface area contributed by atoms with Gasteiger partial charge in [0.05, 0.1) is 30.0 Å². The highest BCUT2D eigenvalue weighted by molar-refractivity contribution is 7.94. The topological polar surface area (TPSA) is 107 Å². The maximum absolute atomic E-state index is 13.4. The molecular formula is C25H20FNO6S. The second-order valence-electron chi connectivity index (χ2n) is 8.41. The van der Waals surface area contributed by atoms with Crippen LogP contribution >= 0.6 is 0 Å². The first-order chi connectivity index (χ1) is 16.1. The number of sulfone groups is 1. The molecule has 0 spiro atoms. The average molecular weight is 482 g/mol. The minimum absolute atomic E-state index is 0.195. The fourth-order valence-electron chi connectivity index (χ4n) is 4.34. The first-order valence-electron chi connectivity index (χ1n) is 10.6. The Hall–Kier alpha value is -3.72. The molecule has 1 N–H and O–H groups in total. The molecular weight excluding hydrogens is 461 g/mol. The van der Waals surface area contributed by atoms with Gasteiger partial charge in [-0.25, -0.2) is 17.6 Å². The summed E-state index contributed by atoms with van der Waals surface area (Å²) in [6.07, 6.45) is 2.75. The molecule has 3 heterocycles. The molecule has 2 aromatic heterocycles. The molecule has 5 rings (SSSR count). The maximum Gasteiger partial charge on any atom is 0.340 e. The van der Waals surface area contributed by atoms with Crippen LogP contribution in [-0.4, -0.2) is 26.1 Å². The molecule has 1 aliphatic rings. The molecule has 4 aromatic rings. The minimum atomic E-state index is -3.31. The standard InChI is InChI=1S/C25H20FNO6S/c1-13-18-9-20-21(15-3-5-16(26)6-4-15)11-32-23(20)14(2)24(18)33-25(29)19(13)10-22(28)27-17-7-8-34(30,31)12-17/h3-9,11,17H,10,12H2,1-2H3,(H,27,28)/t17-/m0/s1. The van der Waals surface area contributed by atoms with Crippen molar-refractivity contribution in [3.63, 3.8) is 0 Å². The van der Waals surface area contributed by atoms with Crippen molar-refractivity contribution in [3.8, 4) is 11.1 Å².